The van der Waals surface area contributed by atoms with E-state index in [9.17, 15) is 0 Å². The highest BCUT2D eigenvalue weighted by molar-refractivity contribution is 6.31. The summed E-state index contributed by atoms with van der Waals surface area (Å²) in [5, 5.41) is 1.66. The molecule has 1 aromatic carbocycles. The van der Waals surface area contributed by atoms with E-state index >= 15 is 0 Å². The predicted octanol–water partition coefficient (Wildman–Crippen LogP) is 4.15. The van der Waals surface area contributed by atoms with Gasteiger partial charge in [0.1, 0.15) is 5.76 Å². The number of halogens is 1. The van der Waals surface area contributed by atoms with Gasteiger partial charge in [-0.05, 0) is 24.3 Å². The average Bonchev–Trinajstić information content (AvgIpc) is 2.81. The molecule has 0 atom stereocenters. The van der Waals surface area contributed by atoms with E-state index in [-0.39, 0.29) is 0 Å². The minimum Gasteiger partial charge on any atom is -0.464 e. The van der Waals surface area contributed by atoms with Gasteiger partial charge in [0, 0.05) is 17.1 Å². The Balaban J connectivity index is 2.34. The fourth-order valence-corrected chi connectivity index (χ4v) is 1.93. The van der Waals surface area contributed by atoms with Crippen LogP contribution in [0.5, 0.6) is 0 Å². The van der Waals surface area contributed by atoms with Crippen molar-refractivity contribution < 1.29 is 4.42 Å². The SMILES string of the molecule is Clc1cnc2c(-c3ccco3)cccc2c1. The number of hydrogen-bond acceptors (Lipinski definition) is 2. The van der Waals surface area contributed by atoms with Gasteiger partial charge in [-0.2, -0.15) is 0 Å². The number of hydrogen-bond donors (Lipinski definition) is 0. The van der Waals surface area contributed by atoms with Crippen LogP contribution in [0.1, 0.15) is 0 Å². The Kier molecular flexibility index (Phi) is 2.15. The maximum atomic E-state index is 5.91. The number of rotatable bonds is 1. The highest BCUT2D eigenvalue weighted by atomic mass is 35.5. The molecule has 0 N–H and O–H groups in total. The number of aromatic nitrogens is 1. The molecule has 3 aromatic rings. The first-order valence-electron chi connectivity index (χ1n) is 4.93. The summed E-state index contributed by atoms with van der Waals surface area (Å²) in [7, 11) is 0. The van der Waals surface area contributed by atoms with Gasteiger partial charge < -0.3 is 4.42 Å². The van der Waals surface area contributed by atoms with Crippen molar-refractivity contribution in [3.63, 3.8) is 0 Å². The Morgan fingerprint density at radius 2 is 2.06 bits per heavy atom. The van der Waals surface area contributed by atoms with Gasteiger partial charge in [-0.15, -0.1) is 0 Å². The molecule has 0 radical (unpaired) electrons. The first-order chi connectivity index (χ1) is 7.84. The van der Waals surface area contributed by atoms with Crippen LogP contribution in [-0.2, 0) is 0 Å². The normalized spacial score (nSPS) is 10.8. The standard InChI is InChI=1S/C13H8ClNO/c14-10-7-9-3-1-4-11(13(9)15-8-10)12-5-2-6-16-12/h1-8H. The summed E-state index contributed by atoms with van der Waals surface area (Å²) in [6, 6.07) is 11.6. The van der Waals surface area contributed by atoms with Crippen LogP contribution in [-0.4, -0.2) is 4.98 Å². The molecule has 2 aromatic heterocycles. The van der Waals surface area contributed by atoms with Crippen molar-refractivity contribution >= 4 is 22.5 Å². The van der Waals surface area contributed by atoms with Crippen molar-refractivity contribution in [2.75, 3.05) is 0 Å². The molecule has 0 saturated heterocycles. The van der Waals surface area contributed by atoms with Crippen molar-refractivity contribution in [3.05, 3.63) is 53.9 Å². The second-order valence-corrected chi connectivity index (χ2v) is 3.94. The fourth-order valence-electron chi connectivity index (χ4n) is 1.76. The van der Waals surface area contributed by atoms with Gasteiger partial charge in [0.25, 0.3) is 0 Å². The molecule has 3 rings (SSSR count). The van der Waals surface area contributed by atoms with Crippen molar-refractivity contribution in [1.29, 1.82) is 0 Å². The molecule has 0 spiro atoms. The van der Waals surface area contributed by atoms with Gasteiger partial charge in [0.05, 0.1) is 16.8 Å². The van der Waals surface area contributed by atoms with Crippen LogP contribution < -0.4 is 0 Å². The zero-order valence-corrected chi connectivity index (χ0v) is 9.11. The summed E-state index contributed by atoms with van der Waals surface area (Å²) in [5.74, 6) is 0.820. The fraction of sp³-hybridized carbons (Fsp3) is 0. The molecule has 0 amide bonds. The Labute approximate surface area is 97.5 Å². The number of benzene rings is 1. The molecule has 0 aliphatic rings. The monoisotopic (exact) mass is 229 g/mol. The summed E-state index contributed by atoms with van der Waals surface area (Å²) < 4.78 is 5.38. The molecular formula is C13H8ClNO. The number of furan rings is 1. The van der Waals surface area contributed by atoms with Gasteiger partial charge in [-0.25, -0.2) is 0 Å². The summed E-state index contributed by atoms with van der Waals surface area (Å²) in [6.07, 6.45) is 3.31. The number of para-hydroxylation sites is 1. The van der Waals surface area contributed by atoms with E-state index in [1.807, 2.05) is 36.4 Å². The summed E-state index contributed by atoms with van der Waals surface area (Å²) in [5.41, 5.74) is 1.89. The number of pyridine rings is 1. The van der Waals surface area contributed by atoms with Gasteiger partial charge in [-0.3, -0.25) is 4.98 Å². The molecule has 16 heavy (non-hydrogen) atoms. The molecule has 3 heteroatoms. The van der Waals surface area contributed by atoms with Crippen LogP contribution in [0.25, 0.3) is 22.2 Å². The maximum absolute atomic E-state index is 5.91. The van der Waals surface area contributed by atoms with Crippen molar-refractivity contribution in [2.24, 2.45) is 0 Å². The van der Waals surface area contributed by atoms with E-state index in [4.69, 9.17) is 16.0 Å². The third-order valence-electron chi connectivity index (χ3n) is 2.46. The van der Waals surface area contributed by atoms with E-state index in [2.05, 4.69) is 4.98 Å². The van der Waals surface area contributed by atoms with Crippen LogP contribution in [0.2, 0.25) is 5.02 Å². The summed E-state index contributed by atoms with van der Waals surface area (Å²) >= 11 is 5.91. The lowest BCUT2D eigenvalue weighted by molar-refractivity contribution is 0.583. The van der Waals surface area contributed by atoms with Gasteiger partial charge >= 0.3 is 0 Å². The quantitative estimate of drug-likeness (QED) is 0.627. The van der Waals surface area contributed by atoms with Crippen molar-refractivity contribution in [2.45, 2.75) is 0 Å². The largest absolute Gasteiger partial charge is 0.464 e. The average molecular weight is 230 g/mol. The van der Waals surface area contributed by atoms with E-state index < -0.39 is 0 Å². The van der Waals surface area contributed by atoms with Crippen LogP contribution >= 0.6 is 11.6 Å². The topological polar surface area (TPSA) is 26.0 Å². The third kappa shape index (κ3) is 1.48. The Morgan fingerprint density at radius 3 is 2.88 bits per heavy atom. The Hall–Kier alpha value is -1.80. The molecule has 0 aliphatic heterocycles. The predicted molar refractivity (Wildman–Crippen MR) is 64.5 cm³/mol. The Morgan fingerprint density at radius 1 is 1.12 bits per heavy atom. The summed E-state index contributed by atoms with van der Waals surface area (Å²) in [6.45, 7) is 0. The van der Waals surface area contributed by atoms with Crippen LogP contribution in [0.15, 0.2) is 53.3 Å². The van der Waals surface area contributed by atoms with Crippen LogP contribution in [0.3, 0.4) is 0 Å². The maximum Gasteiger partial charge on any atom is 0.136 e. The van der Waals surface area contributed by atoms with Crippen molar-refractivity contribution in [3.8, 4) is 11.3 Å². The van der Waals surface area contributed by atoms with Crippen LogP contribution in [0.4, 0.5) is 0 Å². The van der Waals surface area contributed by atoms with E-state index in [1.54, 1.807) is 12.5 Å². The lowest BCUT2D eigenvalue weighted by Gasteiger charge is -2.02. The number of fused-ring (bicyclic) bond motifs is 1. The molecule has 0 fully saturated rings. The third-order valence-corrected chi connectivity index (χ3v) is 2.67. The second kappa shape index (κ2) is 3.65. The molecule has 78 valence electrons. The zero-order chi connectivity index (χ0) is 11.0. The first-order valence-corrected chi connectivity index (χ1v) is 5.30. The minimum atomic E-state index is 0.643. The highest BCUT2D eigenvalue weighted by Gasteiger charge is 2.07. The molecule has 0 bridgehead atoms. The Bertz CT molecular complexity index is 631. The molecule has 0 aliphatic carbocycles. The lowest BCUT2D eigenvalue weighted by atomic mass is 10.1. The minimum absolute atomic E-state index is 0.643. The van der Waals surface area contributed by atoms with E-state index in [0.29, 0.717) is 5.02 Å². The molecular weight excluding hydrogens is 222 g/mol. The highest BCUT2D eigenvalue weighted by Crippen LogP contribution is 2.28. The van der Waals surface area contributed by atoms with Gasteiger partial charge in [0.15, 0.2) is 0 Å². The van der Waals surface area contributed by atoms with Crippen LogP contribution in [0, 0.1) is 0 Å². The zero-order valence-electron chi connectivity index (χ0n) is 8.35. The molecule has 0 saturated carbocycles. The van der Waals surface area contributed by atoms with Gasteiger partial charge in [-0.1, -0.05) is 23.7 Å². The lowest BCUT2D eigenvalue weighted by Crippen LogP contribution is -1.83. The van der Waals surface area contributed by atoms with Gasteiger partial charge in [0.2, 0.25) is 0 Å². The van der Waals surface area contributed by atoms with E-state index in [1.165, 1.54) is 0 Å². The number of nitrogens with zero attached hydrogens (tertiary/aromatic N) is 1. The van der Waals surface area contributed by atoms with Crippen molar-refractivity contribution in [1.82, 2.24) is 4.98 Å². The molecule has 2 heterocycles. The second-order valence-electron chi connectivity index (χ2n) is 3.51. The molecule has 0 unspecified atom stereocenters. The molecule has 2 nitrogen and oxygen atoms in total. The first kappa shape index (κ1) is 9.43. The smallest absolute Gasteiger partial charge is 0.136 e. The van der Waals surface area contributed by atoms with E-state index in [0.717, 1.165) is 22.2 Å². The summed E-state index contributed by atoms with van der Waals surface area (Å²) in [4.78, 5) is 4.34.